The van der Waals surface area contributed by atoms with Crippen LogP contribution in [0, 0.1) is 0 Å². The van der Waals surface area contributed by atoms with Crippen LogP contribution in [-0.2, 0) is 28.8 Å². The van der Waals surface area contributed by atoms with Crippen LogP contribution in [0.1, 0.15) is 26.2 Å². The molecule has 31 heavy (non-hydrogen) atoms. The van der Waals surface area contributed by atoms with Gasteiger partial charge in [0.1, 0.15) is 18.1 Å². The first-order valence-corrected chi connectivity index (χ1v) is 9.61. The molecule has 0 aliphatic rings. The van der Waals surface area contributed by atoms with Crippen molar-refractivity contribution in [3.8, 4) is 0 Å². The number of carboxylic acids is 2. The normalized spacial score (nSPS) is 15.5. The highest BCUT2D eigenvalue weighted by Gasteiger charge is 2.33. The molecule has 10 N–H and O–H groups in total. The molecule has 0 rings (SSSR count). The molecule has 0 aromatic rings. The third-order valence-electron chi connectivity index (χ3n) is 3.91. The number of aliphatic carboxylic acids is 2. The predicted octanol–water partition coefficient (Wildman–Crippen LogP) is -4.10. The van der Waals surface area contributed by atoms with Gasteiger partial charge < -0.3 is 42.7 Å². The summed E-state index contributed by atoms with van der Waals surface area (Å²) in [4.78, 5) is 69.4. The number of carbonyl (C=O) groups excluding carboxylic acids is 4. The van der Waals surface area contributed by atoms with Crippen LogP contribution in [0.3, 0.4) is 0 Å². The largest absolute Gasteiger partial charge is 0.481 e. The molecule has 0 saturated carbocycles. The molecule has 0 saturated heterocycles. The highest BCUT2D eigenvalue weighted by atomic mass is 32.1. The summed E-state index contributed by atoms with van der Waals surface area (Å²) >= 11 is 3.93. The van der Waals surface area contributed by atoms with E-state index >= 15 is 0 Å². The molecule has 0 aliphatic heterocycles. The van der Waals surface area contributed by atoms with E-state index in [-0.39, 0.29) is 18.6 Å². The smallest absolute Gasteiger partial charge is 0.326 e. The van der Waals surface area contributed by atoms with Gasteiger partial charge in [-0.25, -0.2) is 4.79 Å². The number of hydrogen-bond donors (Lipinski definition) is 9. The van der Waals surface area contributed by atoms with Crippen molar-refractivity contribution in [2.75, 3.05) is 5.75 Å². The van der Waals surface area contributed by atoms with Crippen molar-refractivity contribution in [2.45, 2.75) is 56.5 Å². The minimum atomic E-state index is -1.80. The van der Waals surface area contributed by atoms with Gasteiger partial charge in [-0.15, -0.1) is 0 Å². The standard InChI is InChI=1S/C16H27N5O9S/c1-6(22)12(15(28)19-8(16(29)30)4-11(24)25)21-14(27)9(5-31)20-13(26)7(17)2-3-10(18)23/h6-9,12,22,31H,2-5,17H2,1H3,(H2,18,23)(H,19,28)(H,20,26)(H,21,27)(H,24,25)(H,29,30). The quantitative estimate of drug-likeness (QED) is 0.112. The van der Waals surface area contributed by atoms with Crippen LogP contribution in [0.2, 0.25) is 0 Å². The average molecular weight is 465 g/mol. The third kappa shape index (κ3) is 10.6. The summed E-state index contributed by atoms with van der Waals surface area (Å²) in [6, 6.07) is -5.90. The van der Waals surface area contributed by atoms with Gasteiger partial charge in [-0.1, -0.05) is 0 Å². The summed E-state index contributed by atoms with van der Waals surface area (Å²) in [5.74, 6) is -6.91. The van der Waals surface area contributed by atoms with Crippen molar-refractivity contribution in [3.05, 3.63) is 0 Å². The second-order valence-corrected chi connectivity index (χ2v) is 6.94. The highest BCUT2D eigenvalue weighted by Crippen LogP contribution is 2.01. The van der Waals surface area contributed by atoms with Gasteiger partial charge in [0.2, 0.25) is 23.6 Å². The van der Waals surface area contributed by atoms with Gasteiger partial charge >= 0.3 is 11.9 Å². The van der Waals surface area contributed by atoms with Crippen molar-refractivity contribution >= 4 is 48.2 Å². The van der Waals surface area contributed by atoms with E-state index in [1.807, 2.05) is 5.32 Å². The summed E-state index contributed by atoms with van der Waals surface area (Å²) in [6.45, 7) is 1.13. The Hall–Kier alpha value is -2.91. The van der Waals surface area contributed by atoms with E-state index in [1.165, 1.54) is 0 Å². The zero-order valence-electron chi connectivity index (χ0n) is 16.6. The Kier molecular flexibility index (Phi) is 12.1. The number of aliphatic hydroxyl groups is 1. The lowest BCUT2D eigenvalue weighted by atomic mass is 10.1. The zero-order valence-corrected chi connectivity index (χ0v) is 17.5. The van der Waals surface area contributed by atoms with Crippen LogP contribution in [-0.4, -0.2) is 86.9 Å². The van der Waals surface area contributed by atoms with Gasteiger partial charge in [0, 0.05) is 12.2 Å². The molecule has 0 aromatic carbocycles. The van der Waals surface area contributed by atoms with Crippen LogP contribution in [0.5, 0.6) is 0 Å². The number of amides is 4. The first-order chi connectivity index (χ1) is 14.3. The molecule has 14 nitrogen and oxygen atoms in total. The monoisotopic (exact) mass is 465 g/mol. The first kappa shape index (κ1) is 28.1. The topological polar surface area (TPSA) is 251 Å². The van der Waals surface area contributed by atoms with Gasteiger partial charge in [-0.2, -0.15) is 12.6 Å². The summed E-state index contributed by atoms with van der Waals surface area (Å²) < 4.78 is 0. The lowest BCUT2D eigenvalue weighted by Gasteiger charge is -2.25. The maximum atomic E-state index is 12.4. The Morgan fingerprint density at radius 2 is 1.48 bits per heavy atom. The minimum Gasteiger partial charge on any atom is -0.481 e. The fourth-order valence-corrected chi connectivity index (χ4v) is 2.45. The van der Waals surface area contributed by atoms with E-state index in [1.54, 1.807) is 0 Å². The second-order valence-electron chi connectivity index (χ2n) is 6.58. The molecule has 176 valence electrons. The third-order valence-corrected chi connectivity index (χ3v) is 4.28. The number of nitrogens with one attached hydrogen (secondary N) is 3. The Morgan fingerprint density at radius 3 is 1.90 bits per heavy atom. The molecule has 0 heterocycles. The Balaban J connectivity index is 5.16. The average Bonchev–Trinajstić information content (AvgIpc) is 2.66. The minimum absolute atomic E-state index is 0.0685. The van der Waals surface area contributed by atoms with Gasteiger partial charge in [-0.3, -0.25) is 24.0 Å². The van der Waals surface area contributed by atoms with Crippen LogP contribution in [0.25, 0.3) is 0 Å². The maximum absolute atomic E-state index is 12.4. The Labute approximate surface area is 182 Å². The predicted molar refractivity (Wildman–Crippen MR) is 108 cm³/mol. The van der Waals surface area contributed by atoms with E-state index in [0.717, 1.165) is 6.92 Å². The molecule has 5 atom stereocenters. The Morgan fingerprint density at radius 1 is 0.935 bits per heavy atom. The molecule has 0 bridgehead atoms. The van der Waals surface area contributed by atoms with Crippen molar-refractivity contribution in [1.82, 2.24) is 16.0 Å². The SMILES string of the molecule is CC(O)C(NC(=O)C(CS)NC(=O)C(N)CCC(N)=O)C(=O)NC(CC(=O)O)C(=O)O. The molecule has 0 radical (unpaired) electrons. The lowest BCUT2D eigenvalue weighted by molar-refractivity contribution is -0.147. The van der Waals surface area contributed by atoms with E-state index in [4.69, 9.17) is 21.7 Å². The van der Waals surface area contributed by atoms with Crippen molar-refractivity contribution < 1.29 is 44.1 Å². The van der Waals surface area contributed by atoms with Crippen molar-refractivity contribution in [2.24, 2.45) is 11.5 Å². The van der Waals surface area contributed by atoms with E-state index in [9.17, 15) is 33.9 Å². The zero-order chi connectivity index (χ0) is 24.3. The summed E-state index contributed by atoms with van der Waals surface area (Å²) in [5.41, 5.74) is 10.6. The summed E-state index contributed by atoms with van der Waals surface area (Å²) in [5, 5.41) is 33.8. The molecular weight excluding hydrogens is 438 g/mol. The number of hydrogen-bond acceptors (Lipinski definition) is 9. The number of carboxylic acid groups (broad SMARTS) is 2. The molecule has 5 unspecified atom stereocenters. The molecular formula is C16H27N5O9S. The van der Waals surface area contributed by atoms with Crippen LogP contribution >= 0.6 is 12.6 Å². The molecule has 15 heteroatoms. The van der Waals surface area contributed by atoms with Crippen LogP contribution in [0.15, 0.2) is 0 Å². The number of rotatable bonds is 14. The molecule has 0 spiro atoms. The van der Waals surface area contributed by atoms with E-state index in [0.29, 0.717) is 0 Å². The summed E-state index contributed by atoms with van der Waals surface area (Å²) in [7, 11) is 0. The molecule has 0 fully saturated rings. The van der Waals surface area contributed by atoms with Gasteiger partial charge in [0.15, 0.2) is 0 Å². The molecule has 4 amide bonds. The number of thiol groups is 1. The molecule has 0 aliphatic carbocycles. The number of aliphatic hydroxyl groups excluding tert-OH is 1. The summed E-state index contributed by atoms with van der Waals surface area (Å²) in [6.07, 6.45) is -2.66. The van der Waals surface area contributed by atoms with Gasteiger partial charge in [-0.05, 0) is 13.3 Å². The fourth-order valence-electron chi connectivity index (χ4n) is 2.20. The van der Waals surface area contributed by atoms with E-state index in [2.05, 4.69) is 23.3 Å². The highest BCUT2D eigenvalue weighted by molar-refractivity contribution is 7.80. The lowest BCUT2D eigenvalue weighted by Crippen LogP contribution is -2.60. The fraction of sp³-hybridized carbons (Fsp3) is 0.625. The van der Waals surface area contributed by atoms with Crippen molar-refractivity contribution in [1.29, 1.82) is 0 Å². The number of carbonyl (C=O) groups is 6. The van der Waals surface area contributed by atoms with Crippen molar-refractivity contribution in [3.63, 3.8) is 0 Å². The number of nitrogens with two attached hydrogens (primary N) is 2. The van der Waals surface area contributed by atoms with Gasteiger partial charge in [0.05, 0.1) is 18.6 Å². The molecule has 0 aromatic heterocycles. The van der Waals surface area contributed by atoms with Gasteiger partial charge in [0.25, 0.3) is 0 Å². The maximum Gasteiger partial charge on any atom is 0.326 e. The Bertz CT molecular complexity index is 703. The van der Waals surface area contributed by atoms with Crippen LogP contribution < -0.4 is 27.4 Å². The van der Waals surface area contributed by atoms with E-state index < -0.39 is 72.3 Å². The second kappa shape index (κ2) is 13.4. The van der Waals surface area contributed by atoms with Crippen LogP contribution in [0.4, 0.5) is 0 Å². The number of primary amides is 1. The first-order valence-electron chi connectivity index (χ1n) is 8.98.